The number of benzene rings is 1. The van der Waals surface area contributed by atoms with Gasteiger partial charge in [0.15, 0.2) is 0 Å². The zero-order valence-corrected chi connectivity index (χ0v) is 15.7. The van der Waals surface area contributed by atoms with Gasteiger partial charge in [0, 0.05) is 37.3 Å². The number of carbonyl (C=O) groups is 1. The highest BCUT2D eigenvalue weighted by molar-refractivity contribution is 5.77. The summed E-state index contributed by atoms with van der Waals surface area (Å²) >= 11 is 0. The van der Waals surface area contributed by atoms with Gasteiger partial charge in [0.25, 0.3) is 0 Å². The van der Waals surface area contributed by atoms with Crippen molar-refractivity contribution in [3.63, 3.8) is 0 Å². The second-order valence-corrected chi connectivity index (χ2v) is 6.77. The maximum atomic E-state index is 12.8. The van der Waals surface area contributed by atoms with E-state index in [9.17, 15) is 4.79 Å². The smallest absolute Gasteiger partial charge is 0.227 e. The van der Waals surface area contributed by atoms with Crippen molar-refractivity contribution < 1.29 is 14.1 Å². The van der Waals surface area contributed by atoms with E-state index in [0.29, 0.717) is 24.6 Å². The van der Waals surface area contributed by atoms with Crippen molar-refractivity contribution in [3.8, 4) is 17.1 Å². The van der Waals surface area contributed by atoms with Crippen molar-refractivity contribution in [2.75, 3.05) is 13.7 Å². The summed E-state index contributed by atoms with van der Waals surface area (Å²) in [6.45, 7) is 0.779. The van der Waals surface area contributed by atoms with E-state index >= 15 is 0 Å². The Morgan fingerprint density at radius 2 is 2.00 bits per heavy atom. The molecule has 1 aromatic carbocycles. The molecule has 0 spiro atoms. The lowest BCUT2D eigenvalue weighted by Crippen LogP contribution is -2.30. The highest BCUT2D eigenvalue weighted by Gasteiger charge is 2.29. The summed E-state index contributed by atoms with van der Waals surface area (Å²) in [5, 5.41) is 3.99. The molecule has 0 bridgehead atoms. The minimum atomic E-state index is 0.113. The predicted octanol–water partition coefficient (Wildman–Crippen LogP) is 3.44. The molecule has 1 unspecified atom stereocenters. The molecule has 1 saturated heterocycles. The third-order valence-electron chi connectivity index (χ3n) is 5.03. The second-order valence-electron chi connectivity index (χ2n) is 6.77. The second kappa shape index (κ2) is 8.21. The summed E-state index contributed by atoms with van der Waals surface area (Å²) < 4.78 is 10.5. The average Bonchev–Trinajstić information content (AvgIpc) is 3.43. The molecule has 0 N–H and O–H groups in total. The molecule has 0 saturated carbocycles. The van der Waals surface area contributed by atoms with E-state index in [-0.39, 0.29) is 11.9 Å². The van der Waals surface area contributed by atoms with Crippen LogP contribution in [0.1, 0.15) is 36.8 Å². The molecule has 0 radical (unpaired) electrons. The highest BCUT2D eigenvalue weighted by atomic mass is 16.5. The number of methoxy groups -OCH3 is 1. The SMILES string of the molecule is COc1ccc(C2CCCN2C(=O)CCc2nc(-c3ccncc3)no2)cc1. The number of hydrogen-bond donors (Lipinski definition) is 0. The summed E-state index contributed by atoms with van der Waals surface area (Å²) in [6, 6.07) is 11.7. The van der Waals surface area contributed by atoms with Crippen molar-refractivity contribution in [1.29, 1.82) is 0 Å². The summed E-state index contributed by atoms with van der Waals surface area (Å²) in [5.74, 6) is 1.92. The van der Waals surface area contributed by atoms with E-state index in [0.717, 1.165) is 36.3 Å². The maximum Gasteiger partial charge on any atom is 0.227 e. The van der Waals surface area contributed by atoms with Crippen LogP contribution in [0.25, 0.3) is 11.4 Å². The van der Waals surface area contributed by atoms with E-state index in [2.05, 4.69) is 15.1 Å². The van der Waals surface area contributed by atoms with Crippen molar-refractivity contribution >= 4 is 5.91 Å². The molecule has 7 nitrogen and oxygen atoms in total. The van der Waals surface area contributed by atoms with Gasteiger partial charge in [-0.05, 0) is 42.7 Å². The van der Waals surface area contributed by atoms with Gasteiger partial charge in [-0.15, -0.1) is 0 Å². The lowest BCUT2D eigenvalue weighted by molar-refractivity contribution is -0.132. The first-order valence-corrected chi connectivity index (χ1v) is 9.41. The number of nitrogens with zero attached hydrogens (tertiary/aromatic N) is 4. The van der Waals surface area contributed by atoms with Gasteiger partial charge in [-0.3, -0.25) is 9.78 Å². The first-order valence-electron chi connectivity index (χ1n) is 9.41. The van der Waals surface area contributed by atoms with E-state index in [1.54, 1.807) is 19.5 Å². The van der Waals surface area contributed by atoms with Crippen molar-refractivity contribution in [3.05, 3.63) is 60.2 Å². The Kier molecular flexibility index (Phi) is 5.32. The number of rotatable bonds is 6. The lowest BCUT2D eigenvalue weighted by Gasteiger charge is -2.25. The van der Waals surface area contributed by atoms with Crippen LogP contribution in [0.5, 0.6) is 5.75 Å². The molecule has 1 atom stereocenters. The Morgan fingerprint density at radius 1 is 1.21 bits per heavy atom. The normalized spacial score (nSPS) is 16.3. The molecule has 1 amide bonds. The van der Waals surface area contributed by atoms with Crippen LogP contribution in [0.3, 0.4) is 0 Å². The van der Waals surface area contributed by atoms with Gasteiger partial charge < -0.3 is 14.2 Å². The molecule has 1 aliphatic heterocycles. The standard InChI is InChI=1S/C21H22N4O3/c1-27-17-6-4-15(5-7-17)18-3-2-14-25(18)20(26)9-8-19-23-21(24-28-19)16-10-12-22-13-11-16/h4-7,10-13,18H,2-3,8-9,14H2,1H3. The monoisotopic (exact) mass is 378 g/mol. The molecule has 1 aliphatic rings. The van der Waals surface area contributed by atoms with Crippen LogP contribution in [-0.4, -0.2) is 39.6 Å². The van der Waals surface area contributed by atoms with Crippen LogP contribution < -0.4 is 4.74 Å². The number of aromatic nitrogens is 3. The first kappa shape index (κ1) is 18.2. The largest absolute Gasteiger partial charge is 0.497 e. The number of amides is 1. The van der Waals surface area contributed by atoms with Gasteiger partial charge >= 0.3 is 0 Å². The number of carbonyl (C=O) groups excluding carboxylic acids is 1. The predicted molar refractivity (Wildman–Crippen MR) is 103 cm³/mol. The third kappa shape index (κ3) is 3.88. The highest BCUT2D eigenvalue weighted by Crippen LogP contribution is 2.33. The summed E-state index contributed by atoms with van der Waals surface area (Å²) in [6.07, 6.45) is 6.14. The Balaban J connectivity index is 1.38. The van der Waals surface area contributed by atoms with Crippen molar-refractivity contribution in [1.82, 2.24) is 20.0 Å². The molecule has 2 aromatic heterocycles. The minimum Gasteiger partial charge on any atom is -0.497 e. The Labute approximate surface area is 163 Å². The summed E-state index contributed by atoms with van der Waals surface area (Å²) in [4.78, 5) is 23.1. The van der Waals surface area contributed by atoms with Crippen molar-refractivity contribution in [2.45, 2.75) is 31.7 Å². The fraction of sp³-hybridized carbons (Fsp3) is 0.333. The van der Waals surface area contributed by atoms with E-state index in [1.165, 1.54) is 0 Å². The van der Waals surface area contributed by atoms with Crippen LogP contribution in [-0.2, 0) is 11.2 Å². The number of hydrogen-bond acceptors (Lipinski definition) is 6. The van der Waals surface area contributed by atoms with Gasteiger partial charge in [0.2, 0.25) is 17.6 Å². The molecular formula is C21H22N4O3. The van der Waals surface area contributed by atoms with Gasteiger partial charge in [0.05, 0.1) is 13.2 Å². The molecule has 0 aliphatic carbocycles. The third-order valence-corrected chi connectivity index (χ3v) is 5.03. The number of likely N-dealkylation sites (tertiary alicyclic amines) is 1. The molecule has 4 rings (SSSR count). The Bertz CT molecular complexity index is 924. The lowest BCUT2D eigenvalue weighted by atomic mass is 10.0. The van der Waals surface area contributed by atoms with E-state index < -0.39 is 0 Å². The van der Waals surface area contributed by atoms with Crippen molar-refractivity contribution in [2.24, 2.45) is 0 Å². The number of ether oxygens (including phenoxy) is 1. The zero-order valence-electron chi connectivity index (χ0n) is 15.7. The molecule has 28 heavy (non-hydrogen) atoms. The molecule has 3 aromatic rings. The average molecular weight is 378 g/mol. The van der Waals surface area contributed by atoms with Crippen LogP contribution in [0.2, 0.25) is 0 Å². The molecular weight excluding hydrogens is 356 g/mol. The van der Waals surface area contributed by atoms with Crippen LogP contribution in [0.15, 0.2) is 53.3 Å². The summed E-state index contributed by atoms with van der Waals surface area (Å²) in [7, 11) is 1.65. The molecule has 3 heterocycles. The number of pyridine rings is 1. The summed E-state index contributed by atoms with van der Waals surface area (Å²) in [5.41, 5.74) is 1.99. The van der Waals surface area contributed by atoms with Crippen LogP contribution >= 0.6 is 0 Å². The van der Waals surface area contributed by atoms with Crippen LogP contribution in [0, 0.1) is 0 Å². The quantitative estimate of drug-likeness (QED) is 0.654. The van der Waals surface area contributed by atoms with E-state index in [4.69, 9.17) is 9.26 Å². The fourth-order valence-electron chi connectivity index (χ4n) is 3.57. The first-order chi connectivity index (χ1) is 13.7. The topological polar surface area (TPSA) is 81.4 Å². The molecule has 7 heteroatoms. The fourth-order valence-corrected chi connectivity index (χ4v) is 3.57. The maximum absolute atomic E-state index is 12.8. The van der Waals surface area contributed by atoms with Gasteiger partial charge in [-0.25, -0.2) is 0 Å². The van der Waals surface area contributed by atoms with Crippen LogP contribution in [0.4, 0.5) is 0 Å². The van der Waals surface area contributed by atoms with Gasteiger partial charge in [-0.2, -0.15) is 4.98 Å². The van der Waals surface area contributed by atoms with Gasteiger partial charge in [0.1, 0.15) is 5.75 Å². The van der Waals surface area contributed by atoms with E-state index in [1.807, 2.05) is 41.3 Å². The number of aryl methyl sites for hydroxylation is 1. The van der Waals surface area contributed by atoms with Gasteiger partial charge in [-0.1, -0.05) is 17.3 Å². The molecule has 144 valence electrons. The molecule has 1 fully saturated rings. The Morgan fingerprint density at radius 3 is 2.75 bits per heavy atom. The Hall–Kier alpha value is -3.22. The zero-order chi connectivity index (χ0) is 19.3. The minimum absolute atomic E-state index is 0.113.